The summed E-state index contributed by atoms with van der Waals surface area (Å²) in [4.78, 5) is 34.7. The normalized spacial score (nSPS) is 21.2. The number of hydrogen-bond acceptors (Lipinski definition) is 5. The van der Waals surface area contributed by atoms with Crippen LogP contribution in [0.5, 0.6) is 11.5 Å². The summed E-state index contributed by atoms with van der Waals surface area (Å²) in [6.07, 6.45) is 1.57. The Hall–Kier alpha value is -4.20. The number of H-pyrrole nitrogens is 1. The number of aromatic amines is 1. The minimum atomic E-state index is -1.18. The van der Waals surface area contributed by atoms with Gasteiger partial charge in [-0.3, -0.25) is 9.59 Å². The van der Waals surface area contributed by atoms with Gasteiger partial charge in [-0.15, -0.1) is 0 Å². The van der Waals surface area contributed by atoms with Crippen LogP contribution in [0, 0.1) is 0 Å². The molecule has 1 N–H and O–H groups in total. The third-order valence-electron chi connectivity index (χ3n) is 7.64. The first-order valence-electron chi connectivity index (χ1n) is 12.5. The first-order chi connectivity index (χ1) is 18.0. The highest BCUT2D eigenvalue weighted by Gasteiger charge is 2.56. The Balaban J connectivity index is 1.55. The number of carbonyl (C=O) groups excluding carboxylic acids is 2. The second-order valence-corrected chi connectivity index (χ2v) is 9.64. The number of nitrogens with one attached hydrogen (secondary N) is 1. The number of rotatable bonds is 6. The van der Waals surface area contributed by atoms with Gasteiger partial charge in [-0.2, -0.15) is 0 Å². The molecular formula is C29H29N3O5. The number of ether oxygens (including phenoxy) is 2. The van der Waals surface area contributed by atoms with Crippen molar-refractivity contribution in [2.24, 2.45) is 0 Å². The summed E-state index contributed by atoms with van der Waals surface area (Å²) in [5.41, 5.74) is 2.40. The number of fused-ring (bicyclic) bond motifs is 5. The lowest BCUT2D eigenvalue weighted by atomic mass is 9.76. The fraction of sp³-hybridized carbons (Fsp3) is 0.310. The fourth-order valence-electron chi connectivity index (χ4n) is 5.94. The van der Waals surface area contributed by atoms with Gasteiger partial charge in [-0.05, 0) is 43.7 Å². The van der Waals surface area contributed by atoms with Crippen LogP contribution >= 0.6 is 0 Å². The van der Waals surface area contributed by atoms with Crippen LogP contribution in [0.15, 0.2) is 65.3 Å². The Morgan fingerprint density at radius 3 is 2.70 bits per heavy atom. The molecule has 0 aliphatic carbocycles. The number of piperazine rings is 1. The van der Waals surface area contributed by atoms with Crippen molar-refractivity contribution < 1.29 is 23.5 Å². The van der Waals surface area contributed by atoms with Gasteiger partial charge in [0.25, 0.3) is 5.91 Å². The van der Waals surface area contributed by atoms with E-state index in [1.165, 1.54) is 0 Å². The number of aromatic nitrogens is 1. The van der Waals surface area contributed by atoms with Crippen LogP contribution in [0.4, 0.5) is 0 Å². The average Bonchev–Trinajstić information content (AvgIpc) is 3.56. The summed E-state index contributed by atoms with van der Waals surface area (Å²) in [6, 6.07) is 17.5. The molecule has 2 aliphatic heterocycles. The average molecular weight is 500 g/mol. The van der Waals surface area contributed by atoms with E-state index in [4.69, 9.17) is 13.9 Å². The molecule has 0 bridgehead atoms. The maximum atomic E-state index is 14.1. The summed E-state index contributed by atoms with van der Waals surface area (Å²) in [5.74, 6) is 1.48. The van der Waals surface area contributed by atoms with Gasteiger partial charge in [0.1, 0.15) is 12.3 Å². The van der Waals surface area contributed by atoms with E-state index in [1.807, 2.05) is 56.3 Å². The molecule has 1 saturated heterocycles. The predicted octanol–water partition coefficient (Wildman–Crippen LogP) is 4.40. The van der Waals surface area contributed by atoms with E-state index in [0.717, 1.165) is 27.7 Å². The SMILES string of the molecule is CCOc1c(OC)cccc1[C@@H]1CN2C(=O)CN(Cc3ccco3)C(=O)[C@]2(C)c2[nH]c3ccccc3c21. The molecule has 2 aromatic carbocycles. The van der Waals surface area contributed by atoms with Crippen LogP contribution < -0.4 is 9.47 Å². The quantitative estimate of drug-likeness (QED) is 0.425. The number of carbonyl (C=O) groups is 2. The van der Waals surface area contributed by atoms with Gasteiger partial charge < -0.3 is 28.7 Å². The number of benzene rings is 2. The van der Waals surface area contributed by atoms with E-state index in [9.17, 15) is 9.59 Å². The molecule has 2 amide bonds. The Morgan fingerprint density at radius 1 is 1.11 bits per heavy atom. The Labute approximate surface area is 214 Å². The number of hydrogen-bond donors (Lipinski definition) is 1. The summed E-state index contributed by atoms with van der Waals surface area (Å²) in [5, 5.41) is 1.03. The van der Waals surface area contributed by atoms with Gasteiger partial charge in [-0.1, -0.05) is 30.3 Å². The highest BCUT2D eigenvalue weighted by atomic mass is 16.5. The van der Waals surface area contributed by atoms with Crippen molar-refractivity contribution in [1.82, 2.24) is 14.8 Å². The van der Waals surface area contributed by atoms with E-state index in [0.29, 0.717) is 30.4 Å². The molecule has 0 spiro atoms. The number of amides is 2. The molecule has 8 nitrogen and oxygen atoms in total. The van der Waals surface area contributed by atoms with Crippen molar-refractivity contribution in [2.45, 2.75) is 31.8 Å². The molecule has 4 aromatic rings. The van der Waals surface area contributed by atoms with Gasteiger partial charge in [-0.25, -0.2) is 0 Å². The van der Waals surface area contributed by atoms with E-state index in [-0.39, 0.29) is 30.8 Å². The van der Waals surface area contributed by atoms with Crippen molar-refractivity contribution in [3.05, 3.63) is 83.4 Å². The van der Waals surface area contributed by atoms with Crippen LogP contribution in [0.3, 0.4) is 0 Å². The maximum Gasteiger partial charge on any atom is 0.255 e. The minimum absolute atomic E-state index is 0.00612. The van der Waals surface area contributed by atoms with Gasteiger partial charge >= 0.3 is 0 Å². The van der Waals surface area contributed by atoms with Crippen molar-refractivity contribution in [1.29, 1.82) is 0 Å². The summed E-state index contributed by atoms with van der Waals surface area (Å²) in [6.45, 7) is 4.84. The smallest absolute Gasteiger partial charge is 0.255 e. The molecular weight excluding hydrogens is 470 g/mol. The van der Waals surface area contributed by atoms with E-state index >= 15 is 0 Å². The van der Waals surface area contributed by atoms with Gasteiger partial charge in [0.2, 0.25) is 5.91 Å². The molecule has 4 heterocycles. The molecule has 2 aliphatic rings. The molecule has 0 radical (unpaired) electrons. The van der Waals surface area contributed by atoms with Crippen LogP contribution in [0.25, 0.3) is 10.9 Å². The van der Waals surface area contributed by atoms with Crippen LogP contribution in [0.1, 0.15) is 42.3 Å². The summed E-state index contributed by atoms with van der Waals surface area (Å²) >= 11 is 0. The molecule has 190 valence electrons. The topological polar surface area (TPSA) is 88.0 Å². The maximum absolute atomic E-state index is 14.1. The van der Waals surface area contributed by atoms with E-state index in [1.54, 1.807) is 29.2 Å². The van der Waals surface area contributed by atoms with Crippen LogP contribution in [-0.4, -0.2) is 53.4 Å². The van der Waals surface area contributed by atoms with Crippen LogP contribution in [-0.2, 0) is 21.7 Å². The third-order valence-corrected chi connectivity index (χ3v) is 7.64. The first-order valence-corrected chi connectivity index (χ1v) is 12.5. The van der Waals surface area contributed by atoms with Crippen molar-refractivity contribution in [3.63, 3.8) is 0 Å². The Bertz CT molecular complexity index is 1490. The lowest BCUT2D eigenvalue weighted by Crippen LogP contribution is -2.67. The monoisotopic (exact) mass is 499 g/mol. The Morgan fingerprint density at radius 2 is 1.95 bits per heavy atom. The number of nitrogens with zero attached hydrogens (tertiary/aromatic N) is 2. The lowest BCUT2D eigenvalue weighted by molar-refractivity contribution is -0.167. The predicted molar refractivity (Wildman–Crippen MR) is 137 cm³/mol. The molecule has 2 aromatic heterocycles. The third kappa shape index (κ3) is 3.43. The van der Waals surface area contributed by atoms with Crippen LogP contribution in [0.2, 0.25) is 0 Å². The molecule has 0 unspecified atom stereocenters. The largest absolute Gasteiger partial charge is 0.493 e. The summed E-state index contributed by atoms with van der Waals surface area (Å²) < 4.78 is 17.2. The molecule has 8 heteroatoms. The van der Waals surface area contributed by atoms with Crippen molar-refractivity contribution in [3.8, 4) is 11.5 Å². The minimum Gasteiger partial charge on any atom is -0.493 e. The van der Waals surface area contributed by atoms with E-state index < -0.39 is 5.54 Å². The highest BCUT2D eigenvalue weighted by molar-refractivity contribution is 6.01. The fourth-order valence-corrected chi connectivity index (χ4v) is 5.94. The highest BCUT2D eigenvalue weighted by Crippen LogP contribution is 2.50. The van der Waals surface area contributed by atoms with Gasteiger partial charge in [0, 0.05) is 28.9 Å². The molecule has 0 saturated carbocycles. The number of para-hydroxylation sites is 2. The molecule has 6 rings (SSSR count). The van der Waals surface area contributed by atoms with Gasteiger partial charge in [0.15, 0.2) is 17.0 Å². The molecule has 2 atom stereocenters. The first kappa shape index (κ1) is 23.2. The number of furan rings is 1. The van der Waals surface area contributed by atoms with Gasteiger partial charge in [0.05, 0.1) is 32.2 Å². The molecule has 1 fully saturated rings. The van der Waals surface area contributed by atoms with Crippen molar-refractivity contribution >= 4 is 22.7 Å². The zero-order valence-electron chi connectivity index (χ0n) is 21.1. The standard InChI is InChI=1S/C29H29N3O5/c1-4-36-26-19(11-7-13-23(26)35-3)21-16-32-24(33)17-31(15-18-9-8-14-37-18)28(34)29(32,2)27-25(21)20-10-5-6-12-22(20)30-27/h5-14,21,30H,4,15-17H2,1-3H3/t21-,29-/m0/s1. The Kier molecular flexibility index (Phi) is 5.47. The molecule has 37 heavy (non-hydrogen) atoms. The second kappa shape index (κ2) is 8.73. The van der Waals surface area contributed by atoms with E-state index in [2.05, 4.69) is 11.1 Å². The number of methoxy groups -OCH3 is 1. The zero-order chi connectivity index (χ0) is 25.7. The second-order valence-electron chi connectivity index (χ2n) is 9.64. The zero-order valence-corrected chi connectivity index (χ0v) is 21.1. The van der Waals surface area contributed by atoms with Crippen molar-refractivity contribution in [2.75, 3.05) is 26.8 Å². The lowest BCUT2D eigenvalue weighted by Gasteiger charge is -2.51. The summed E-state index contributed by atoms with van der Waals surface area (Å²) in [7, 11) is 1.62.